The van der Waals surface area contributed by atoms with Gasteiger partial charge in [-0.3, -0.25) is 0 Å². The van der Waals surface area contributed by atoms with Crippen LogP contribution in [0.25, 0.3) is 0 Å². The maximum atomic E-state index is 10.7. The molecule has 0 fully saturated rings. The zero-order chi connectivity index (χ0) is 8.69. The Labute approximate surface area is 77.9 Å². The number of amides is 2. The largest absolute Gasteiger partial charge is 0.337 e. The van der Waals surface area contributed by atoms with Crippen molar-refractivity contribution >= 4 is 24.4 Å². The van der Waals surface area contributed by atoms with Crippen LogP contribution in [0.5, 0.6) is 0 Å². The molecule has 2 amide bonds. The smallest absolute Gasteiger partial charge is 0.329 e. The predicted octanol–water partition coefficient (Wildman–Crippen LogP) is 0.788. The Morgan fingerprint density at radius 3 is 2.58 bits per heavy atom. The summed E-state index contributed by atoms with van der Waals surface area (Å²) in [5.41, 5.74) is 2.22. The molecule has 0 aromatic rings. The van der Waals surface area contributed by atoms with Crippen LogP contribution in [0.15, 0.2) is 10.1 Å². The first kappa shape index (κ1) is 13.5. The van der Waals surface area contributed by atoms with E-state index in [9.17, 15) is 4.79 Å². The van der Waals surface area contributed by atoms with E-state index in [0.29, 0.717) is 6.54 Å². The fraction of sp³-hybridized carbons (Fsp3) is 0.667. The molecule has 0 aliphatic rings. The summed E-state index contributed by atoms with van der Waals surface area (Å²) in [6.45, 7) is 2.47. The monoisotopic (exact) mass is 192 g/mol. The summed E-state index contributed by atoms with van der Waals surface area (Å²) in [7, 11) is 3.25. The molecule has 0 saturated heterocycles. The van der Waals surface area contributed by atoms with Crippen molar-refractivity contribution in [3.05, 3.63) is 0 Å². The summed E-state index contributed by atoms with van der Waals surface area (Å²) in [6.07, 6.45) is 0. The van der Waals surface area contributed by atoms with Gasteiger partial charge in [-0.2, -0.15) is 0 Å². The summed E-state index contributed by atoms with van der Waals surface area (Å²) in [6, 6.07) is 2.02. The minimum atomic E-state index is -0.288. The van der Waals surface area contributed by atoms with E-state index < -0.39 is 0 Å². The number of hydrogen-bond acceptors (Lipinski definition) is 3. The normalized spacial score (nSPS) is 7.25. The molecule has 5 nitrogen and oxygen atoms in total. The Balaban J connectivity index is 0. The second kappa shape index (κ2) is 8.04. The number of hydrazone groups is 1. The van der Waals surface area contributed by atoms with E-state index in [4.69, 9.17) is 0 Å². The average molecular weight is 193 g/mol. The second-order valence-electron chi connectivity index (χ2n) is 2.00. The van der Waals surface area contributed by atoms with E-state index in [-0.39, 0.29) is 18.4 Å². The number of carbonyl (C=O) groups is 1. The minimum absolute atomic E-state index is 0. The second-order valence-corrected chi connectivity index (χ2v) is 2.00. The molecular weight excluding hydrogens is 180 g/mol. The topological polar surface area (TPSA) is 57.1 Å². The van der Waals surface area contributed by atoms with Gasteiger partial charge in [0.15, 0.2) is 0 Å². The van der Waals surface area contributed by atoms with Crippen LogP contribution in [0.1, 0.15) is 6.92 Å². The van der Waals surface area contributed by atoms with Gasteiger partial charge in [0, 0.05) is 20.6 Å². The zero-order valence-corrected chi connectivity index (χ0v) is 8.18. The number of rotatable bonds is 2. The molecule has 0 aromatic heterocycles. The molecule has 0 bridgehead atoms. The molecule has 0 spiro atoms. The van der Waals surface area contributed by atoms with E-state index in [1.165, 1.54) is 4.90 Å². The lowest BCUT2D eigenvalue weighted by atomic mass is 10.8. The van der Waals surface area contributed by atoms with Crippen LogP contribution in [0.2, 0.25) is 0 Å². The van der Waals surface area contributed by atoms with E-state index in [0.717, 1.165) is 0 Å². The van der Waals surface area contributed by atoms with Gasteiger partial charge in [-0.05, 0) is 6.92 Å². The van der Waals surface area contributed by atoms with E-state index in [1.54, 1.807) is 14.1 Å². The Morgan fingerprint density at radius 2 is 2.17 bits per heavy atom. The Kier molecular flexibility index (Phi) is 9.06. The van der Waals surface area contributed by atoms with E-state index in [2.05, 4.69) is 21.5 Å². The van der Waals surface area contributed by atoms with Crippen LogP contribution in [-0.4, -0.2) is 37.6 Å². The van der Waals surface area contributed by atoms with Gasteiger partial charge in [0.05, 0.1) is 0 Å². The highest BCUT2D eigenvalue weighted by atomic mass is 35.5. The number of halogens is 1. The fourth-order valence-corrected chi connectivity index (χ4v) is 0.279. The first-order valence-electron chi connectivity index (χ1n) is 3.27. The quantitative estimate of drug-likeness (QED) is 0.511. The lowest BCUT2D eigenvalue weighted by Gasteiger charge is -2.06. The van der Waals surface area contributed by atoms with Crippen LogP contribution in [-0.2, 0) is 0 Å². The molecule has 0 aliphatic carbocycles. The Morgan fingerprint density at radius 1 is 1.58 bits per heavy atom. The standard InChI is InChI=1S/C6H12N4O.ClH/c1-4-7-5-8-9-6(11)10(2)3;/h4H2,1-3H3,(H,9,11);1H. The number of nitrogens with zero attached hydrogens (tertiary/aromatic N) is 3. The Hall–Kier alpha value is -1.06. The number of urea groups is 1. The molecule has 0 heterocycles. The third kappa shape index (κ3) is 7.05. The summed E-state index contributed by atoms with van der Waals surface area (Å²) in [5.74, 6) is 0. The van der Waals surface area contributed by atoms with Crippen LogP contribution in [0, 0.1) is 0 Å². The van der Waals surface area contributed by atoms with Gasteiger partial charge < -0.3 is 4.90 Å². The molecule has 0 radical (unpaired) electrons. The molecule has 0 aliphatic heterocycles. The molecule has 0 saturated carbocycles. The Bertz CT molecular complexity index is 186. The molecule has 6 heteroatoms. The third-order valence-electron chi connectivity index (χ3n) is 0.837. The van der Waals surface area contributed by atoms with Gasteiger partial charge in [-0.15, -0.1) is 17.5 Å². The van der Waals surface area contributed by atoms with Crippen molar-refractivity contribution in [2.75, 3.05) is 20.6 Å². The number of carbonyl (C=O) groups excluding carboxylic acids is 1. The van der Waals surface area contributed by atoms with Crippen LogP contribution >= 0.6 is 12.4 Å². The van der Waals surface area contributed by atoms with Gasteiger partial charge in [0.1, 0.15) is 6.01 Å². The van der Waals surface area contributed by atoms with Crippen molar-refractivity contribution in [3.8, 4) is 0 Å². The molecule has 0 unspecified atom stereocenters. The van der Waals surface area contributed by atoms with Crippen LogP contribution in [0.4, 0.5) is 4.79 Å². The highest BCUT2D eigenvalue weighted by molar-refractivity contribution is 5.85. The van der Waals surface area contributed by atoms with Gasteiger partial charge in [0.25, 0.3) is 0 Å². The maximum absolute atomic E-state index is 10.7. The molecule has 0 rings (SSSR count). The molecule has 0 aromatic carbocycles. The first-order chi connectivity index (χ1) is 5.18. The first-order valence-corrected chi connectivity index (χ1v) is 3.27. The summed E-state index contributed by atoms with van der Waals surface area (Å²) >= 11 is 0. The van der Waals surface area contributed by atoms with Crippen molar-refractivity contribution in [2.24, 2.45) is 10.1 Å². The number of aliphatic imine (C=N–C) groups is 1. The lowest BCUT2D eigenvalue weighted by Crippen LogP contribution is -2.30. The van der Waals surface area contributed by atoms with Crippen molar-refractivity contribution in [1.82, 2.24) is 10.3 Å². The van der Waals surface area contributed by atoms with Crippen molar-refractivity contribution < 1.29 is 4.79 Å². The van der Waals surface area contributed by atoms with Crippen LogP contribution in [0.3, 0.4) is 0 Å². The summed E-state index contributed by atoms with van der Waals surface area (Å²) < 4.78 is 0. The SMILES string of the molecule is CCN=C=NNC(=O)N(C)C.Cl. The fourth-order valence-electron chi connectivity index (χ4n) is 0.279. The van der Waals surface area contributed by atoms with Gasteiger partial charge in [0.2, 0.25) is 0 Å². The van der Waals surface area contributed by atoms with Crippen molar-refractivity contribution in [3.63, 3.8) is 0 Å². The summed E-state index contributed by atoms with van der Waals surface area (Å²) in [5, 5.41) is 3.42. The van der Waals surface area contributed by atoms with E-state index >= 15 is 0 Å². The zero-order valence-electron chi connectivity index (χ0n) is 7.37. The molecule has 12 heavy (non-hydrogen) atoms. The molecule has 0 atom stereocenters. The van der Waals surface area contributed by atoms with Gasteiger partial charge in [-0.25, -0.2) is 15.2 Å². The number of nitrogens with one attached hydrogen (secondary N) is 1. The minimum Gasteiger partial charge on any atom is -0.329 e. The van der Waals surface area contributed by atoms with Gasteiger partial charge >= 0.3 is 6.03 Å². The summed E-state index contributed by atoms with van der Waals surface area (Å²) in [4.78, 5) is 15.8. The van der Waals surface area contributed by atoms with Gasteiger partial charge in [-0.1, -0.05) is 0 Å². The molecule has 1 N–H and O–H groups in total. The third-order valence-corrected chi connectivity index (χ3v) is 0.837. The highest BCUT2D eigenvalue weighted by Gasteiger charge is 1.97. The molecule has 70 valence electrons. The van der Waals surface area contributed by atoms with Crippen LogP contribution < -0.4 is 5.43 Å². The maximum Gasteiger partial charge on any atom is 0.337 e. The predicted molar refractivity (Wildman–Crippen MR) is 49.9 cm³/mol. The lowest BCUT2D eigenvalue weighted by molar-refractivity contribution is 0.218. The van der Waals surface area contributed by atoms with Crippen molar-refractivity contribution in [2.45, 2.75) is 6.92 Å². The van der Waals surface area contributed by atoms with Crippen molar-refractivity contribution in [1.29, 1.82) is 0 Å². The number of hydrogen-bond donors (Lipinski definition) is 1. The van der Waals surface area contributed by atoms with E-state index in [1.807, 2.05) is 6.92 Å². The molecular formula is C6H13ClN4O. The average Bonchev–Trinajstić information content (AvgIpc) is 1.97. The highest BCUT2D eigenvalue weighted by Crippen LogP contribution is 1.74.